The molecule has 0 aliphatic carbocycles. The Kier molecular flexibility index (Phi) is 19.3. The van der Waals surface area contributed by atoms with Crippen LogP contribution in [0.3, 0.4) is 0 Å². The third-order valence-electron chi connectivity index (χ3n) is 4.01. The quantitative estimate of drug-likeness (QED) is 0.130. The van der Waals surface area contributed by atoms with Gasteiger partial charge in [0.25, 0.3) is 17.1 Å². The summed E-state index contributed by atoms with van der Waals surface area (Å²) in [4.78, 5) is 0. The molecule has 34 heavy (non-hydrogen) atoms. The van der Waals surface area contributed by atoms with E-state index in [-0.39, 0.29) is 63.3 Å². The summed E-state index contributed by atoms with van der Waals surface area (Å²) in [6.45, 7) is 16.9. The first-order chi connectivity index (χ1) is 16.1. The van der Waals surface area contributed by atoms with Crippen molar-refractivity contribution in [2.75, 3.05) is 19.8 Å². The zero-order valence-corrected chi connectivity index (χ0v) is 24.4. The van der Waals surface area contributed by atoms with Gasteiger partial charge in [0, 0.05) is 24.2 Å². The topological polar surface area (TPSA) is 124 Å². The highest BCUT2D eigenvalue weighted by molar-refractivity contribution is 7.62. The smallest absolute Gasteiger partial charge is 0.321 e. The fraction of sp³-hybridized carbons (Fsp3) is 0.857. The molecule has 0 aromatic carbocycles. The van der Waals surface area contributed by atoms with E-state index in [0.29, 0.717) is 0 Å². The molecule has 0 bridgehead atoms. The Morgan fingerprint density at radius 1 is 0.559 bits per heavy atom. The van der Waals surface area contributed by atoms with E-state index in [4.69, 9.17) is 38.0 Å². The Bertz CT molecular complexity index is 605. The lowest BCUT2D eigenvalue weighted by molar-refractivity contribution is 0.185. The highest BCUT2D eigenvalue weighted by Crippen LogP contribution is 2.65. The fourth-order valence-corrected chi connectivity index (χ4v) is 8.13. The standard InChI is InChI=1S/C21H40N5O5P3/c1-18(2)25(19(3)4)32(27-15-9-12-22)30-34(29-17-11-14-24)31-33(28-16-10-13-23)26(20(5)6)21(7)8/h18-21H,9-11,15-17H2,1-8H3. The van der Waals surface area contributed by atoms with Crippen molar-refractivity contribution >= 4 is 25.7 Å². The van der Waals surface area contributed by atoms with E-state index in [0.717, 1.165) is 0 Å². The number of hydrogen-bond donors (Lipinski definition) is 0. The molecule has 0 aliphatic rings. The van der Waals surface area contributed by atoms with Crippen LogP contribution in [0.1, 0.15) is 74.7 Å². The lowest BCUT2D eigenvalue weighted by Gasteiger charge is -2.38. The van der Waals surface area contributed by atoms with Crippen molar-refractivity contribution in [2.45, 2.75) is 98.8 Å². The van der Waals surface area contributed by atoms with Gasteiger partial charge in [0.2, 0.25) is 0 Å². The summed E-state index contributed by atoms with van der Waals surface area (Å²) in [5.74, 6) is 0. The van der Waals surface area contributed by atoms with Gasteiger partial charge in [0.15, 0.2) is 0 Å². The van der Waals surface area contributed by atoms with Gasteiger partial charge in [-0.25, -0.2) is 18.0 Å². The third-order valence-corrected chi connectivity index (χ3v) is 9.99. The molecular formula is C21H40N5O5P3. The normalized spacial score (nSPS) is 14.6. The maximum Gasteiger partial charge on any atom is 0.345 e. The van der Waals surface area contributed by atoms with Crippen LogP contribution in [0.5, 0.6) is 0 Å². The molecule has 0 spiro atoms. The van der Waals surface area contributed by atoms with Crippen molar-refractivity contribution in [3.05, 3.63) is 0 Å². The van der Waals surface area contributed by atoms with Gasteiger partial charge >= 0.3 is 8.60 Å². The molecule has 0 aromatic rings. The molecule has 0 amide bonds. The van der Waals surface area contributed by atoms with E-state index >= 15 is 0 Å². The van der Waals surface area contributed by atoms with Crippen LogP contribution in [0.2, 0.25) is 0 Å². The van der Waals surface area contributed by atoms with E-state index in [1.165, 1.54) is 0 Å². The first-order valence-corrected chi connectivity index (χ1v) is 14.8. The van der Waals surface area contributed by atoms with Crippen molar-refractivity contribution in [1.29, 1.82) is 15.8 Å². The summed E-state index contributed by atoms with van der Waals surface area (Å²) in [6.07, 6.45) is 0.652. The number of hydrogen-bond acceptors (Lipinski definition) is 10. The Balaban J connectivity index is 5.91. The molecule has 0 radical (unpaired) electrons. The number of rotatable bonds is 19. The molecule has 0 N–H and O–H groups in total. The van der Waals surface area contributed by atoms with E-state index in [9.17, 15) is 0 Å². The highest BCUT2D eigenvalue weighted by Gasteiger charge is 2.36. The molecular weight excluding hydrogens is 495 g/mol. The molecule has 0 heterocycles. The van der Waals surface area contributed by atoms with Crippen LogP contribution in [0, 0.1) is 34.0 Å². The van der Waals surface area contributed by atoms with E-state index < -0.39 is 25.7 Å². The molecule has 2 atom stereocenters. The van der Waals surface area contributed by atoms with Gasteiger partial charge in [0.1, 0.15) is 0 Å². The highest BCUT2D eigenvalue weighted by atomic mass is 31.3. The van der Waals surface area contributed by atoms with Gasteiger partial charge in [-0.15, -0.1) is 0 Å². The second-order valence-corrected chi connectivity index (χ2v) is 12.6. The van der Waals surface area contributed by atoms with E-state index in [1.54, 1.807) is 0 Å². The molecule has 10 nitrogen and oxygen atoms in total. The van der Waals surface area contributed by atoms with Crippen LogP contribution in [0.4, 0.5) is 0 Å². The molecule has 0 fully saturated rings. The molecule has 0 saturated carbocycles. The van der Waals surface area contributed by atoms with Crippen molar-refractivity contribution in [2.24, 2.45) is 0 Å². The monoisotopic (exact) mass is 535 g/mol. The van der Waals surface area contributed by atoms with Crippen LogP contribution >= 0.6 is 25.7 Å². The number of nitrogens with zero attached hydrogens (tertiary/aromatic N) is 5. The second kappa shape index (κ2) is 19.6. The van der Waals surface area contributed by atoms with Crippen LogP contribution in [0.15, 0.2) is 0 Å². The van der Waals surface area contributed by atoms with Gasteiger partial charge in [-0.3, -0.25) is 0 Å². The number of nitriles is 3. The van der Waals surface area contributed by atoms with Crippen LogP contribution in [0.25, 0.3) is 0 Å². The minimum Gasteiger partial charge on any atom is -0.321 e. The zero-order valence-electron chi connectivity index (χ0n) is 21.7. The van der Waals surface area contributed by atoms with E-state index in [1.807, 2.05) is 55.4 Å². The SMILES string of the molecule is CC(C)N(C(C)C)P(OCCC#N)OP(OCCC#N)OP(OCCC#N)N(C(C)C)C(C)C. The minimum atomic E-state index is -1.95. The van der Waals surface area contributed by atoms with Crippen molar-refractivity contribution in [3.8, 4) is 18.2 Å². The lowest BCUT2D eigenvalue weighted by atomic mass is 10.3. The van der Waals surface area contributed by atoms with Crippen molar-refractivity contribution in [1.82, 2.24) is 9.34 Å². The third kappa shape index (κ3) is 13.5. The summed E-state index contributed by atoms with van der Waals surface area (Å²) in [5.41, 5.74) is 0. The molecule has 0 rings (SSSR count). The lowest BCUT2D eigenvalue weighted by Crippen LogP contribution is -2.34. The predicted octanol–water partition coefficient (Wildman–Crippen LogP) is 6.73. The van der Waals surface area contributed by atoms with Crippen LogP contribution in [-0.4, -0.2) is 53.3 Å². The average Bonchev–Trinajstić information content (AvgIpc) is 2.72. The summed E-state index contributed by atoms with van der Waals surface area (Å²) < 4.78 is 34.6. The molecule has 0 aromatic heterocycles. The maximum absolute atomic E-state index is 8.97. The first kappa shape index (κ1) is 33.5. The Hall–Kier alpha value is -0.520. The Morgan fingerprint density at radius 2 is 0.853 bits per heavy atom. The van der Waals surface area contributed by atoms with Gasteiger partial charge in [0.05, 0.1) is 57.3 Å². The summed E-state index contributed by atoms with van der Waals surface area (Å²) in [5, 5.41) is 26.9. The molecule has 0 aliphatic heterocycles. The van der Waals surface area contributed by atoms with Crippen molar-refractivity contribution < 1.29 is 22.2 Å². The summed E-state index contributed by atoms with van der Waals surface area (Å²) in [6, 6.07) is 6.68. The molecule has 13 heteroatoms. The van der Waals surface area contributed by atoms with Crippen LogP contribution in [-0.2, 0) is 22.2 Å². The fourth-order valence-electron chi connectivity index (χ4n) is 2.89. The maximum atomic E-state index is 8.97. The predicted molar refractivity (Wildman–Crippen MR) is 136 cm³/mol. The van der Waals surface area contributed by atoms with Gasteiger partial charge in [-0.05, 0) is 55.4 Å². The first-order valence-electron chi connectivity index (χ1n) is 11.4. The van der Waals surface area contributed by atoms with Gasteiger partial charge in [-0.1, -0.05) is 0 Å². The molecule has 2 unspecified atom stereocenters. The average molecular weight is 536 g/mol. The summed E-state index contributed by atoms with van der Waals surface area (Å²) >= 11 is 0. The largest absolute Gasteiger partial charge is 0.345 e. The van der Waals surface area contributed by atoms with E-state index in [2.05, 4.69) is 27.5 Å². The van der Waals surface area contributed by atoms with Crippen LogP contribution < -0.4 is 0 Å². The van der Waals surface area contributed by atoms with Crippen molar-refractivity contribution in [3.63, 3.8) is 0 Å². The minimum absolute atomic E-state index is 0.111. The zero-order chi connectivity index (χ0) is 26.1. The summed E-state index contributed by atoms with van der Waals surface area (Å²) in [7, 11) is -5.17. The molecule has 0 saturated heterocycles. The Morgan fingerprint density at radius 3 is 1.12 bits per heavy atom. The molecule has 194 valence electrons. The van der Waals surface area contributed by atoms with Gasteiger partial charge < -0.3 is 13.6 Å². The van der Waals surface area contributed by atoms with Gasteiger partial charge in [-0.2, -0.15) is 15.8 Å². The second-order valence-electron chi connectivity index (χ2n) is 8.22. The Labute approximate surface area is 210 Å².